The van der Waals surface area contributed by atoms with Crippen LogP contribution in [0, 0.1) is 6.92 Å². The predicted molar refractivity (Wildman–Crippen MR) is 72.1 cm³/mol. The maximum Gasteiger partial charge on any atom is 0.117 e. The van der Waals surface area contributed by atoms with Crippen molar-refractivity contribution in [3.63, 3.8) is 0 Å². The van der Waals surface area contributed by atoms with Crippen LogP contribution in [0.1, 0.15) is 39.2 Å². The van der Waals surface area contributed by atoms with E-state index in [1.165, 1.54) is 0 Å². The van der Waals surface area contributed by atoms with Crippen molar-refractivity contribution in [2.24, 2.45) is 0 Å². The van der Waals surface area contributed by atoms with Gasteiger partial charge in [-0.1, -0.05) is 0 Å². The van der Waals surface area contributed by atoms with Gasteiger partial charge in [0, 0.05) is 25.2 Å². The average molecular weight is 238 g/mol. The van der Waals surface area contributed by atoms with E-state index in [0.29, 0.717) is 12.1 Å². The smallest absolute Gasteiger partial charge is 0.117 e. The monoisotopic (exact) mass is 238 g/mol. The van der Waals surface area contributed by atoms with Crippen LogP contribution in [0.2, 0.25) is 0 Å². The van der Waals surface area contributed by atoms with E-state index < -0.39 is 0 Å². The average Bonchev–Trinajstić information content (AvgIpc) is 2.62. The Labute approximate surface area is 105 Å². The molecule has 0 saturated heterocycles. The second-order valence-electron chi connectivity index (χ2n) is 5.11. The summed E-state index contributed by atoms with van der Waals surface area (Å²) in [6.07, 6.45) is 0. The molecule has 0 radical (unpaired) electrons. The van der Waals surface area contributed by atoms with Crippen molar-refractivity contribution in [2.75, 3.05) is 13.1 Å². The van der Waals surface area contributed by atoms with Gasteiger partial charge < -0.3 is 9.73 Å². The lowest BCUT2D eigenvalue weighted by Gasteiger charge is -2.30. The third kappa shape index (κ3) is 4.92. The molecule has 0 unspecified atom stereocenters. The lowest BCUT2D eigenvalue weighted by atomic mass is 10.2. The highest BCUT2D eigenvalue weighted by atomic mass is 16.3. The van der Waals surface area contributed by atoms with Gasteiger partial charge >= 0.3 is 0 Å². The molecule has 0 aliphatic heterocycles. The van der Waals surface area contributed by atoms with Crippen LogP contribution in [0.3, 0.4) is 0 Å². The molecule has 1 N–H and O–H groups in total. The van der Waals surface area contributed by atoms with Crippen LogP contribution in [0.15, 0.2) is 16.5 Å². The molecular formula is C14H26N2O. The van der Waals surface area contributed by atoms with E-state index in [9.17, 15) is 0 Å². The summed E-state index contributed by atoms with van der Waals surface area (Å²) in [6.45, 7) is 13.9. The van der Waals surface area contributed by atoms with Crippen molar-refractivity contribution in [3.8, 4) is 0 Å². The molecule has 1 aromatic rings. The minimum Gasteiger partial charge on any atom is -0.465 e. The highest BCUT2D eigenvalue weighted by Gasteiger charge is 2.12. The Morgan fingerprint density at radius 2 is 1.82 bits per heavy atom. The minimum absolute atomic E-state index is 0.600. The Kier molecular flexibility index (Phi) is 5.72. The minimum atomic E-state index is 0.600. The molecule has 0 aromatic carbocycles. The molecule has 1 aromatic heterocycles. The van der Waals surface area contributed by atoms with Crippen LogP contribution < -0.4 is 5.32 Å². The summed E-state index contributed by atoms with van der Waals surface area (Å²) in [5.41, 5.74) is 0. The molecule has 0 saturated carbocycles. The van der Waals surface area contributed by atoms with E-state index in [1.54, 1.807) is 0 Å². The van der Waals surface area contributed by atoms with Gasteiger partial charge in [0.25, 0.3) is 0 Å². The molecule has 3 nitrogen and oxygen atoms in total. The topological polar surface area (TPSA) is 28.4 Å². The van der Waals surface area contributed by atoms with E-state index in [-0.39, 0.29) is 0 Å². The summed E-state index contributed by atoms with van der Waals surface area (Å²) < 4.78 is 5.51. The molecule has 0 bridgehead atoms. The molecule has 0 aliphatic rings. The van der Waals surface area contributed by atoms with Gasteiger partial charge in [0.2, 0.25) is 0 Å². The Bertz CT molecular complexity index is 310. The quantitative estimate of drug-likeness (QED) is 0.740. The molecule has 0 aliphatic carbocycles. The van der Waals surface area contributed by atoms with Crippen LogP contribution in [0.4, 0.5) is 0 Å². The first-order valence-electron chi connectivity index (χ1n) is 6.52. The lowest BCUT2D eigenvalue weighted by molar-refractivity contribution is 0.175. The molecule has 0 spiro atoms. The Morgan fingerprint density at radius 1 is 1.18 bits per heavy atom. The summed E-state index contributed by atoms with van der Waals surface area (Å²) in [6, 6.07) is 5.24. The first kappa shape index (κ1) is 14.3. The van der Waals surface area contributed by atoms with Gasteiger partial charge in [0.1, 0.15) is 11.5 Å². The summed E-state index contributed by atoms with van der Waals surface area (Å²) >= 11 is 0. The SMILES string of the molecule is Cc1ccc(CNCCN(C(C)C)C(C)C)o1. The summed E-state index contributed by atoms with van der Waals surface area (Å²) in [5, 5.41) is 3.42. The van der Waals surface area contributed by atoms with Crippen LogP contribution in [0.25, 0.3) is 0 Å². The molecule has 0 atom stereocenters. The summed E-state index contributed by atoms with van der Waals surface area (Å²) in [7, 11) is 0. The lowest BCUT2D eigenvalue weighted by Crippen LogP contribution is -2.41. The second kappa shape index (κ2) is 6.82. The third-order valence-electron chi connectivity index (χ3n) is 2.97. The molecule has 98 valence electrons. The predicted octanol–water partition coefficient (Wildman–Crippen LogP) is 2.80. The Hall–Kier alpha value is -0.800. The van der Waals surface area contributed by atoms with Crippen LogP contribution >= 0.6 is 0 Å². The first-order valence-corrected chi connectivity index (χ1v) is 6.52. The van der Waals surface area contributed by atoms with Gasteiger partial charge in [-0.05, 0) is 46.8 Å². The molecular weight excluding hydrogens is 212 g/mol. The normalized spacial score (nSPS) is 12.0. The maximum atomic E-state index is 5.51. The maximum absolute atomic E-state index is 5.51. The van der Waals surface area contributed by atoms with Crippen LogP contribution in [0.5, 0.6) is 0 Å². The van der Waals surface area contributed by atoms with Crippen molar-refractivity contribution in [1.82, 2.24) is 10.2 Å². The molecule has 17 heavy (non-hydrogen) atoms. The van der Waals surface area contributed by atoms with Crippen molar-refractivity contribution >= 4 is 0 Å². The van der Waals surface area contributed by atoms with Crippen molar-refractivity contribution in [1.29, 1.82) is 0 Å². The van der Waals surface area contributed by atoms with Crippen molar-refractivity contribution < 1.29 is 4.42 Å². The van der Waals surface area contributed by atoms with E-state index in [0.717, 1.165) is 31.2 Å². The fourth-order valence-electron chi connectivity index (χ4n) is 2.11. The fraction of sp³-hybridized carbons (Fsp3) is 0.714. The van der Waals surface area contributed by atoms with E-state index in [2.05, 4.69) is 37.9 Å². The van der Waals surface area contributed by atoms with Crippen LogP contribution in [-0.2, 0) is 6.54 Å². The van der Waals surface area contributed by atoms with E-state index >= 15 is 0 Å². The van der Waals surface area contributed by atoms with E-state index in [1.807, 2.05) is 19.1 Å². The Balaban J connectivity index is 2.23. The van der Waals surface area contributed by atoms with Gasteiger partial charge in [-0.25, -0.2) is 0 Å². The number of nitrogens with zero attached hydrogens (tertiary/aromatic N) is 1. The van der Waals surface area contributed by atoms with E-state index in [4.69, 9.17) is 4.42 Å². The molecule has 1 rings (SSSR count). The Morgan fingerprint density at radius 3 is 2.29 bits per heavy atom. The highest BCUT2D eigenvalue weighted by molar-refractivity contribution is 5.05. The fourth-order valence-corrected chi connectivity index (χ4v) is 2.11. The van der Waals surface area contributed by atoms with Gasteiger partial charge in [-0.2, -0.15) is 0 Å². The number of rotatable bonds is 7. The summed E-state index contributed by atoms with van der Waals surface area (Å²) in [5.74, 6) is 2.00. The third-order valence-corrected chi connectivity index (χ3v) is 2.97. The molecule has 0 fully saturated rings. The van der Waals surface area contributed by atoms with Crippen molar-refractivity contribution in [3.05, 3.63) is 23.7 Å². The van der Waals surface area contributed by atoms with Gasteiger partial charge in [0.15, 0.2) is 0 Å². The highest BCUT2D eigenvalue weighted by Crippen LogP contribution is 2.06. The zero-order chi connectivity index (χ0) is 12.8. The van der Waals surface area contributed by atoms with Gasteiger partial charge in [-0.3, -0.25) is 4.90 Å². The first-order chi connectivity index (χ1) is 8.00. The number of hydrogen-bond acceptors (Lipinski definition) is 3. The number of aryl methyl sites for hydroxylation is 1. The van der Waals surface area contributed by atoms with Gasteiger partial charge in [0.05, 0.1) is 6.54 Å². The summed E-state index contributed by atoms with van der Waals surface area (Å²) in [4.78, 5) is 2.49. The largest absolute Gasteiger partial charge is 0.465 e. The second-order valence-corrected chi connectivity index (χ2v) is 5.11. The zero-order valence-corrected chi connectivity index (χ0v) is 11.8. The number of nitrogens with one attached hydrogen (secondary N) is 1. The number of hydrogen-bond donors (Lipinski definition) is 1. The zero-order valence-electron chi connectivity index (χ0n) is 11.8. The standard InChI is InChI=1S/C14H26N2O/c1-11(2)16(12(3)4)9-8-15-10-14-7-6-13(5)17-14/h6-7,11-12,15H,8-10H2,1-5H3. The number of furan rings is 1. The van der Waals surface area contributed by atoms with Crippen LogP contribution in [-0.4, -0.2) is 30.1 Å². The molecule has 0 amide bonds. The molecule has 3 heteroatoms. The molecule has 1 heterocycles. The van der Waals surface area contributed by atoms with Crippen molar-refractivity contribution in [2.45, 2.75) is 53.2 Å². The van der Waals surface area contributed by atoms with Gasteiger partial charge in [-0.15, -0.1) is 0 Å².